The number of aliphatic hydroxyl groups is 1. The molecule has 0 saturated carbocycles. The van der Waals surface area contributed by atoms with Crippen LogP contribution in [0.4, 0.5) is 0 Å². The molecule has 44 heavy (non-hydrogen) atoms. The van der Waals surface area contributed by atoms with Gasteiger partial charge < -0.3 is 58.4 Å². The molecule has 3 saturated heterocycles. The van der Waals surface area contributed by atoms with Crippen LogP contribution < -0.4 is 10.6 Å². The highest BCUT2D eigenvalue weighted by Gasteiger charge is 2.58. The maximum Gasteiger partial charge on any atom is 0.303 e. The Labute approximate surface area is 258 Å². The maximum atomic E-state index is 12.1. The molecule has 3 rings (SSSR count). The van der Waals surface area contributed by atoms with Gasteiger partial charge in [0.15, 0.2) is 53.9 Å². The van der Waals surface area contributed by atoms with E-state index in [2.05, 4.69) is 10.6 Å². The fourth-order valence-corrected chi connectivity index (χ4v) is 5.34. The van der Waals surface area contributed by atoms with E-state index in [-0.39, 0.29) is 5.11 Å². The highest BCUT2D eigenvalue weighted by atomic mass is 32.1. The van der Waals surface area contributed by atoms with Crippen molar-refractivity contribution in [1.29, 1.82) is 0 Å². The van der Waals surface area contributed by atoms with Gasteiger partial charge in [0.2, 0.25) is 0 Å². The third-order valence-corrected chi connectivity index (χ3v) is 6.74. The quantitative estimate of drug-likeness (QED) is 0.142. The molecule has 0 aliphatic carbocycles. The Hall–Kier alpha value is -3.16. The van der Waals surface area contributed by atoms with Crippen LogP contribution in [0.25, 0.3) is 0 Å². The summed E-state index contributed by atoms with van der Waals surface area (Å²) >= 11 is 5.46. The lowest BCUT2D eigenvalue weighted by atomic mass is 9.97. The van der Waals surface area contributed by atoms with Crippen molar-refractivity contribution in [3.8, 4) is 0 Å². The minimum atomic E-state index is -1.43. The van der Waals surface area contributed by atoms with E-state index in [9.17, 15) is 29.1 Å². The average Bonchev–Trinajstić information content (AvgIpc) is 3.35. The van der Waals surface area contributed by atoms with Crippen LogP contribution in [-0.2, 0) is 66.6 Å². The van der Waals surface area contributed by atoms with Crippen LogP contribution in [0.1, 0.15) is 48.5 Å². The summed E-state index contributed by atoms with van der Waals surface area (Å²) < 4.78 is 50.2. The largest absolute Gasteiger partial charge is 0.463 e. The molecule has 3 aliphatic rings. The zero-order valence-corrected chi connectivity index (χ0v) is 26.1. The molecule has 3 fully saturated rings. The van der Waals surface area contributed by atoms with Gasteiger partial charge in [-0.1, -0.05) is 0 Å². The first kappa shape index (κ1) is 35.3. The van der Waals surface area contributed by atoms with Gasteiger partial charge in [-0.25, -0.2) is 0 Å². The average molecular weight is 651 g/mol. The Morgan fingerprint density at radius 3 is 1.89 bits per heavy atom. The Morgan fingerprint density at radius 1 is 0.795 bits per heavy atom. The molecule has 3 aliphatic heterocycles. The van der Waals surface area contributed by atoms with Crippen LogP contribution in [0, 0.1) is 0 Å². The summed E-state index contributed by atoms with van der Waals surface area (Å²) in [5, 5.41) is 15.7. The van der Waals surface area contributed by atoms with E-state index in [1.807, 2.05) is 0 Å². The van der Waals surface area contributed by atoms with Crippen molar-refractivity contribution in [2.75, 3.05) is 13.2 Å². The second-order valence-corrected chi connectivity index (χ2v) is 11.1. The van der Waals surface area contributed by atoms with Gasteiger partial charge in [0.25, 0.3) is 0 Å². The van der Waals surface area contributed by atoms with Gasteiger partial charge in [0.05, 0.1) is 12.6 Å². The molecule has 0 aromatic carbocycles. The summed E-state index contributed by atoms with van der Waals surface area (Å²) in [7, 11) is 0. The van der Waals surface area contributed by atoms with Gasteiger partial charge in [-0.3, -0.25) is 24.0 Å². The van der Waals surface area contributed by atoms with Gasteiger partial charge in [0, 0.05) is 34.6 Å². The zero-order chi connectivity index (χ0) is 32.9. The van der Waals surface area contributed by atoms with Crippen molar-refractivity contribution in [2.45, 2.75) is 116 Å². The number of aliphatic hydroxyl groups excluding tert-OH is 1. The highest BCUT2D eigenvalue weighted by molar-refractivity contribution is 7.80. The third-order valence-electron chi connectivity index (χ3n) is 6.50. The molecule has 0 radical (unpaired) electrons. The number of fused-ring (bicyclic) bond motifs is 1. The molecular weight excluding hydrogens is 612 g/mol. The summed E-state index contributed by atoms with van der Waals surface area (Å²) in [4.78, 5) is 59.5. The van der Waals surface area contributed by atoms with Crippen LogP contribution >= 0.6 is 12.2 Å². The van der Waals surface area contributed by atoms with Gasteiger partial charge in [0.1, 0.15) is 18.8 Å². The van der Waals surface area contributed by atoms with Crippen molar-refractivity contribution < 1.29 is 71.7 Å². The fraction of sp³-hybridized carbons (Fsp3) is 0.769. The summed E-state index contributed by atoms with van der Waals surface area (Å²) in [5.41, 5.74) is 0. The maximum absolute atomic E-state index is 12.1. The summed E-state index contributed by atoms with van der Waals surface area (Å²) in [6.45, 7) is 8.00. The number of ether oxygens (including phenoxy) is 9. The Bertz CT molecular complexity index is 1120. The van der Waals surface area contributed by atoms with E-state index in [0.29, 0.717) is 0 Å². The molecule has 10 atom stereocenters. The first-order valence-electron chi connectivity index (χ1n) is 13.7. The minimum absolute atomic E-state index is 0.172. The van der Waals surface area contributed by atoms with E-state index in [4.69, 9.17) is 54.8 Å². The van der Waals surface area contributed by atoms with E-state index in [0.717, 1.165) is 27.7 Å². The molecule has 3 N–H and O–H groups in total. The van der Waals surface area contributed by atoms with Crippen molar-refractivity contribution in [2.24, 2.45) is 0 Å². The van der Waals surface area contributed by atoms with Crippen molar-refractivity contribution in [3.63, 3.8) is 0 Å². The van der Waals surface area contributed by atoms with E-state index < -0.39 is 110 Å². The smallest absolute Gasteiger partial charge is 0.303 e. The number of rotatable bonds is 10. The first-order chi connectivity index (χ1) is 20.5. The van der Waals surface area contributed by atoms with Gasteiger partial charge >= 0.3 is 29.8 Å². The second-order valence-electron chi connectivity index (χ2n) is 10.7. The topological polar surface area (TPSA) is 213 Å². The molecule has 3 heterocycles. The van der Waals surface area contributed by atoms with Crippen molar-refractivity contribution in [3.05, 3.63) is 0 Å². The fourth-order valence-electron chi connectivity index (χ4n) is 5.07. The van der Waals surface area contributed by atoms with Crippen LogP contribution in [-0.4, -0.2) is 120 Å². The number of carbonyl (C=O) groups excluding carboxylic acids is 5. The van der Waals surface area contributed by atoms with Crippen molar-refractivity contribution >= 4 is 47.2 Å². The molecule has 18 heteroatoms. The van der Waals surface area contributed by atoms with Gasteiger partial charge in [-0.2, -0.15) is 0 Å². The second kappa shape index (κ2) is 14.7. The van der Waals surface area contributed by atoms with Gasteiger partial charge in [-0.15, -0.1) is 0 Å². The molecule has 0 unspecified atom stereocenters. The van der Waals surface area contributed by atoms with E-state index in [1.54, 1.807) is 13.8 Å². The number of hydrogen-bond donors (Lipinski definition) is 3. The van der Waals surface area contributed by atoms with Crippen LogP contribution in [0.3, 0.4) is 0 Å². The lowest BCUT2D eigenvalue weighted by Gasteiger charge is -2.44. The number of hydrogen-bond acceptors (Lipinski definition) is 16. The van der Waals surface area contributed by atoms with Crippen LogP contribution in [0.15, 0.2) is 0 Å². The molecular formula is C26H38N2O15S. The molecule has 0 spiro atoms. The normalized spacial score (nSPS) is 32.8. The SMILES string of the molecule is CC(=O)OC[C@H]1O[C@@H](NC(=S)N[C@H](CO)[C@H]2O[C@@H]3OC(C)(C)O[C@@H]3[C@H]2OC(C)=O)[C@H](OC(C)=O)[C@@H](OC(C)=O)[C@@H]1OC(C)=O. The Morgan fingerprint density at radius 2 is 1.34 bits per heavy atom. The molecule has 17 nitrogen and oxygen atoms in total. The van der Waals surface area contributed by atoms with E-state index >= 15 is 0 Å². The molecule has 0 aromatic heterocycles. The van der Waals surface area contributed by atoms with Crippen molar-refractivity contribution in [1.82, 2.24) is 10.6 Å². The van der Waals surface area contributed by atoms with Crippen LogP contribution in [0.5, 0.6) is 0 Å². The highest BCUT2D eigenvalue weighted by Crippen LogP contribution is 2.39. The molecule has 248 valence electrons. The van der Waals surface area contributed by atoms with Gasteiger partial charge in [-0.05, 0) is 26.1 Å². The monoisotopic (exact) mass is 650 g/mol. The minimum Gasteiger partial charge on any atom is -0.463 e. The number of thiocarbonyl (C=S) groups is 1. The number of carbonyl (C=O) groups is 5. The number of nitrogens with one attached hydrogen (secondary N) is 2. The zero-order valence-electron chi connectivity index (χ0n) is 25.3. The lowest BCUT2D eigenvalue weighted by Crippen LogP contribution is -2.67. The van der Waals surface area contributed by atoms with Crippen LogP contribution in [0.2, 0.25) is 0 Å². The summed E-state index contributed by atoms with van der Waals surface area (Å²) in [6, 6.07) is -0.995. The van der Waals surface area contributed by atoms with E-state index in [1.165, 1.54) is 6.92 Å². The predicted molar refractivity (Wildman–Crippen MR) is 146 cm³/mol. The summed E-state index contributed by atoms with van der Waals surface area (Å²) in [5.74, 6) is -4.67. The number of esters is 5. The molecule has 0 amide bonds. The summed E-state index contributed by atoms with van der Waals surface area (Å²) in [6.07, 6.45) is -10.5. The third kappa shape index (κ3) is 9.18. The Balaban J connectivity index is 1.85. The first-order valence-corrected chi connectivity index (χ1v) is 14.1. The molecule has 0 aromatic rings. The molecule has 0 bridgehead atoms. The predicted octanol–water partition coefficient (Wildman–Crippen LogP) is -1.30. The lowest BCUT2D eigenvalue weighted by molar-refractivity contribution is -0.255. The standard InChI is InChI=1S/C26H38N2O15S/c1-10(30)35-9-16-18(36-11(2)31)20(38-13(4)33)21(39-14(5)34)23(40-16)28-25(44)27-15(8-29)17-19(37-12(3)32)22-24(41-17)43-26(6,7)42-22/h15-24,29H,8-9H2,1-7H3,(H2,27,28,44)/t15-,16-,17-,18-,19+,20+,21-,22-,23-,24-/m1/s1. The Kier molecular flexibility index (Phi) is 11.8.